The van der Waals surface area contributed by atoms with E-state index in [1.54, 1.807) is 0 Å². The van der Waals surface area contributed by atoms with Crippen molar-refractivity contribution < 1.29 is 14.7 Å². The number of hydrogen-bond donors (Lipinski definition) is 1. The van der Waals surface area contributed by atoms with E-state index in [0.29, 0.717) is 60.1 Å². The zero-order valence-electron chi connectivity index (χ0n) is 20.3. The van der Waals surface area contributed by atoms with E-state index in [-0.39, 0.29) is 11.3 Å². The quantitative estimate of drug-likeness (QED) is 0.525. The first-order valence-electron chi connectivity index (χ1n) is 12.5. The van der Waals surface area contributed by atoms with Gasteiger partial charge in [-0.2, -0.15) is 0 Å². The lowest BCUT2D eigenvalue weighted by molar-refractivity contribution is -0.159. The summed E-state index contributed by atoms with van der Waals surface area (Å²) < 4.78 is 0. The molecule has 4 saturated carbocycles. The Hall–Kier alpha value is -1.22. The summed E-state index contributed by atoms with van der Waals surface area (Å²) in [6, 6.07) is 0. The number of aliphatic hydroxyl groups excluding tert-OH is 1. The fraction of sp³-hybridized carbons (Fsp3) is 0.786. The number of ketones is 2. The van der Waals surface area contributed by atoms with Gasteiger partial charge in [0, 0.05) is 31.8 Å². The van der Waals surface area contributed by atoms with Crippen molar-refractivity contribution in [2.75, 3.05) is 6.61 Å². The maximum atomic E-state index is 13.1. The molecule has 0 heterocycles. The first-order chi connectivity index (χ1) is 14.8. The summed E-state index contributed by atoms with van der Waals surface area (Å²) in [4.78, 5) is 25.1. The van der Waals surface area contributed by atoms with Gasteiger partial charge in [0.25, 0.3) is 0 Å². The van der Waals surface area contributed by atoms with Gasteiger partial charge in [0.15, 0.2) is 0 Å². The maximum Gasteiger partial charge on any atom is 0.137 e. The fourth-order valence-corrected chi connectivity index (χ4v) is 8.43. The van der Waals surface area contributed by atoms with Crippen LogP contribution in [0.15, 0.2) is 26.3 Å². The Labute approximate surface area is 190 Å². The SMILES string of the molecule is C=C.C=C.C[C@H](CCCO)[C@H]1CC[C@H]2[C@@H]3CC(=O)[C@H]4CC(=O)CC[C@]4(C)[C@H]3CC[C@]12C. The summed E-state index contributed by atoms with van der Waals surface area (Å²) in [5.74, 6) is 3.97. The molecule has 0 amide bonds. The van der Waals surface area contributed by atoms with Crippen LogP contribution in [0.5, 0.6) is 0 Å². The summed E-state index contributed by atoms with van der Waals surface area (Å²) in [6.45, 7) is 19.5. The van der Waals surface area contributed by atoms with Crippen molar-refractivity contribution in [3.8, 4) is 0 Å². The third kappa shape index (κ3) is 4.49. The Morgan fingerprint density at radius 3 is 2.26 bits per heavy atom. The van der Waals surface area contributed by atoms with Gasteiger partial charge in [-0.1, -0.05) is 20.8 Å². The predicted molar refractivity (Wildman–Crippen MR) is 129 cm³/mol. The summed E-state index contributed by atoms with van der Waals surface area (Å²) in [7, 11) is 0. The average Bonchev–Trinajstić information content (AvgIpc) is 3.14. The molecule has 3 heteroatoms. The Balaban J connectivity index is 0.000000807. The molecule has 1 N–H and O–H groups in total. The van der Waals surface area contributed by atoms with E-state index >= 15 is 0 Å². The molecule has 176 valence electrons. The lowest BCUT2D eigenvalue weighted by atomic mass is 9.44. The van der Waals surface area contributed by atoms with Crippen molar-refractivity contribution in [3.63, 3.8) is 0 Å². The van der Waals surface area contributed by atoms with Crippen molar-refractivity contribution >= 4 is 11.6 Å². The van der Waals surface area contributed by atoms with Gasteiger partial charge in [0.05, 0.1) is 0 Å². The molecule has 0 unspecified atom stereocenters. The van der Waals surface area contributed by atoms with Crippen LogP contribution in [0, 0.1) is 46.3 Å². The number of rotatable bonds is 4. The molecule has 4 rings (SSSR count). The van der Waals surface area contributed by atoms with Gasteiger partial charge < -0.3 is 5.11 Å². The van der Waals surface area contributed by atoms with E-state index < -0.39 is 0 Å². The van der Waals surface area contributed by atoms with Gasteiger partial charge in [-0.3, -0.25) is 9.59 Å². The van der Waals surface area contributed by atoms with E-state index in [2.05, 4.69) is 47.1 Å². The maximum absolute atomic E-state index is 13.1. The first-order valence-corrected chi connectivity index (χ1v) is 12.5. The third-order valence-electron chi connectivity index (χ3n) is 9.86. The molecule has 0 radical (unpaired) electrons. The average molecular weight is 431 g/mol. The van der Waals surface area contributed by atoms with Crippen molar-refractivity contribution in [2.45, 2.75) is 85.0 Å². The largest absolute Gasteiger partial charge is 0.396 e. The highest BCUT2D eigenvalue weighted by Crippen LogP contribution is 2.67. The molecule has 0 aromatic heterocycles. The molecule has 0 bridgehead atoms. The van der Waals surface area contributed by atoms with Gasteiger partial charge in [0.2, 0.25) is 0 Å². The van der Waals surface area contributed by atoms with E-state index in [1.165, 1.54) is 25.7 Å². The molecule has 8 atom stereocenters. The smallest absolute Gasteiger partial charge is 0.137 e. The normalized spacial score (nSPS) is 42.0. The van der Waals surface area contributed by atoms with Crippen molar-refractivity contribution in [2.24, 2.45) is 46.3 Å². The van der Waals surface area contributed by atoms with Crippen LogP contribution in [-0.2, 0) is 9.59 Å². The standard InChI is InChI=1S/C24H38O3.2C2H4/c1-15(5-4-12-25)18-6-7-19-17-14-22(27)21-13-16(26)8-10-24(21,3)20(17)9-11-23(18,19)2;2*1-2/h15,17-21,25H,4-14H2,1-3H3;2*1-2H2/t15-,17+,18-,19+,20+,21-,23-,24-;;/m1../s1. The zero-order valence-corrected chi connectivity index (χ0v) is 20.3. The molecule has 0 aliphatic heterocycles. The molecule has 0 spiro atoms. The van der Waals surface area contributed by atoms with Gasteiger partial charge in [0.1, 0.15) is 11.6 Å². The number of carbonyl (C=O) groups excluding carboxylic acids is 2. The summed E-state index contributed by atoms with van der Waals surface area (Å²) in [5.41, 5.74) is 0.430. The van der Waals surface area contributed by atoms with Crippen LogP contribution >= 0.6 is 0 Å². The second-order valence-corrected chi connectivity index (χ2v) is 10.9. The van der Waals surface area contributed by atoms with Crippen molar-refractivity contribution in [1.82, 2.24) is 0 Å². The summed E-state index contributed by atoms with van der Waals surface area (Å²) in [5, 5.41) is 9.23. The Bertz CT molecular complexity index is 640. The van der Waals surface area contributed by atoms with E-state index in [4.69, 9.17) is 0 Å². The third-order valence-corrected chi connectivity index (χ3v) is 9.86. The number of hydrogen-bond acceptors (Lipinski definition) is 3. The Morgan fingerprint density at radius 1 is 0.968 bits per heavy atom. The number of aliphatic hydroxyl groups is 1. The highest BCUT2D eigenvalue weighted by atomic mass is 16.3. The topological polar surface area (TPSA) is 54.4 Å². The van der Waals surface area contributed by atoms with Crippen LogP contribution in [0.25, 0.3) is 0 Å². The fourth-order valence-electron chi connectivity index (χ4n) is 8.43. The molecule has 0 aromatic rings. The predicted octanol–water partition coefficient (Wildman–Crippen LogP) is 6.41. The van der Waals surface area contributed by atoms with Crippen LogP contribution in [0.1, 0.15) is 85.0 Å². The molecule has 3 nitrogen and oxygen atoms in total. The highest BCUT2D eigenvalue weighted by molar-refractivity contribution is 5.90. The van der Waals surface area contributed by atoms with Gasteiger partial charge in [-0.25, -0.2) is 0 Å². The number of fused-ring (bicyclic) bond motifs is 5. The lowest BCUT2D eigenvalue weighted by Crippen LogP contribution is -2.56. The first kappa shape index (κ1) is 26.0. The van der Waals surface area contributed by atoms with Crippen LogP contribution in [0.4, 0.5) is 0 Å². The van der Waals surface area contributed by atoms with E-state index in [1.807, 2.05) is 0 Å². The minimum absolute atomic E-state index is 0.00466. The van der Waals surface area contributed by atoms with Crippen molar-refractivity contribution in [1.29, 1.82) is 0 Å². The number of carbonyl (C=O) groups is 2. The van der Waals surface area contributed by atoms with Crippen LogP contribution in [-0.4, -0.2) is 23.3 Å². The Kier molecular flexibility index (Phi) is 8.90. The second kappa shape index (κ2) is 10.6. The molecule has 4 aliphatic carbocycles. The van der Waals surface area contributed by atoms with Gasteiger partial charge in [-0.15, -0.1) is 26.3 Å². The number of Topliss-reactive ketones (excluding diaryl/α,β-unsaturated/α-hetero) is 2. The van der Waals surface area contributed by atoms with Crippen LogP contribution in [0.2, 0.25) is 0 Å². The summed E-state index contributed by atoms with van der Waals surface area (Å²) >= 11 is 0. The van der Waals surface area contributed by atoms with E-state index in [9.17, 15) is 14.7 Å². The zero-order chi connectivity index (χ0) is 23.4. The minimum atomic E-state index is 0.00466. The molecular formula is C28H46O3. The molecule has 4 fully saturated rings. The van der Waals surface area contributed by atoms with Crippen molar-refractivity contribution in [3.05, 3.63) is 26.3 Å². The van der Waals surface area contributed by atoms with Gasteiger partial charge in [-0.05, 0) is 85.4 Å². The molecular weight excluding hydrogens is 384 g/mol. The molecule has 0 aromatic carbocycles. The Morgan fingerprint density at radius 2 is 1.61 bits per heavy atom. The minimum Gasteiger partial charge on any atom is -0.396 e. The molecule has 31 heavy (non-hydrogen) atoms. The monoisotopic (exact) mass is 430 g/mol. The molecule has 0 saturated heterocycles. The van der Waals surface area contributed by atoms with Gasteiger partial charge >= 0.3 is 0 Å². The second-order valence-electron chi connectivity index (χ2n) is 10.9. The lowest BCUT2D eigenvalue weighted by Gasteiger charge is -2.59. The highest BCUT2D eigenvalue weighted by Gasteiger charge is 2.62. The summed E-state index contributed by atoms with van der Waals surface area (Å²) in [6.07, 6.45) is 10.0. The van der Waals surface area contributed by atoms with E-state index in [0.717, 1.165) is 31.6 Å². The van der Waals surface area contributed by atoms with Crippen LogP contribution in [0.3, 0.4) is 0 Å². The van der Waals surface area contributed by atoms with Crippen LogP contribution < -0.4 is 0 Å². The molecule has 4 aliphatic rings.